The fourth-order valence-corrected chi connectivity index (χ4v) is 12.0. The van der Waals surface area contributed by atoms with Gasteiger partial charge in [-0.1, -0.05) is 149 Å². The van der Waals surface area contributed by atoms with Gasteiger partial charge in [-0.15, -0.1) is 0 Å². The lowest BCUT2D eigenvalue weighted by Crippen LogP contribution is -2.37. The standard InChI is InChI=1S/C59H60N4Si2/c1-9-37-59(38-10-2)57-39-44(12-11-43-13-20-47(21-14-43)62(48-22-15-45(41-60)16-23-48)50-26-31-53(32-27-50)64(3,4)5)19-35-55(57)56-36-30-52(40-58(56)59)63(49-24-17-46(42-61)18-25-49)51-28-33-54(34-29-51)65(6,7)8/h11-36,39-40H,9-10,37-38H2,1-8H3/b12-11+. The number of hydrogen-bond acceptors (Lipinski definition) is 4. The van der Waals surface area contributed by atoms with Crippen molar-refractivity contribution in [3.8, 4) is 23.3 Å². The third-order valence-electron chi connectivity index (χ3n) is 13.1. The van der Waals surface area contributed by atoms with E-state index in [0.717, 1.165) is 65.4 Å². The van der Waals surface area contributed by atoms with Crippen molar-refractivity contribution in [3.05, 3.63) is 191 Å². The Morgan fingerprint density at radius 1 is 0.431 bits per heavy atom. The van der Waals surface area contributed by atoms with Gasteiger partial charge in [-0.25, -0.2) is 0 Å². The normalized spacial score (nSPS) is 12.9. The molecular formula is C59H60N4Si2. The molecule has 0 aliphatic heterocycles. The van der Waals surface area contributed by atoms with Crippen molar-refractivity contribution >= 4 is 72.8 Å². The van der Waals surface area contributed by atoms with E-state index in [9.17, 15) is 10.5 Å². The third-order valence-corrected chi connectivity index (χ3v) is 17.2. The molecular weight excluding hydrogens is 821 g/mol. The van der Waals surface area contributed by atoms with Crippen LogP contribution in [0, 0.1) is 22.7 Å². The first-order valence-electron chi connectivity index (χ1n) is 23.2. The Balaban J connectivity index is 1.13. The Labute approximate surface area is 389 Å². The Morgan fingerprint density at radius 2 is 0.769 bits per heavy atom. The topological polar surface area (TPSA) is 54.1 Å². The summed E-state index contributed by atoms with van der Waals surface area (Å²) in [7, 11) is -2.94. The van der Waals surface area contributed by atoms with Crippen LogP contribution in [0.25, 0.3) is 23.3 Å². The third kappa shape index (κ3) is 9.16. The van der Waals surface area contributed by atoms with Crippen molar-refractivity contribution < 1.29 is 0 Å². The molecule has 7 aromatic carbocycles. The summed E-state index contributed by atoms with van der Waals surface area (Å²) in [6.07, 6.45) is 8.78. The lowest BCUT2D eigenvalue weighted by Gasteiger charge is -2.33. The van der Waals surface area contributed by atoms with Crippen LogP contribution in [0.5, 0.6) is 0 Å². The van der Waals surface area contributed by atoms with Gasteiger partial charge in [0.1, 0.15) is 0 Å². The molecule has 0 saturated carbocycles. The molecule has 7 aromatic rings. The van der Waals surface area contributed by atoms with Gasteiger partial charge < -0.3 is 9.80 Å². The predicted molar refractivity (Wildman–Crippen MR) is 283 cm³/mol. The molecule has 0 spiro atoms. The molecule has 0 saturated heterocycles. The molecule has 0 atom stereocenters. The zero-order valence-electron chi connectivity index (χ0n) is 39.3. The van der Waals surface area contributed by atoms with Gasteiger partial charge in [0.2, 0.25) is 0 Å². The number of fused-ring (bicyclic) bond motifs is 3. The molecule has 8 rings (SSSR count). The monoisotopic (exact) mass is 880 g/mol. The lowest BCUT2D eigenvalue weighted by atomic mass is 9.71. The van der Waals surface area contributed by atoms with Crippen molar-refractivity contribution in [1.82, 2.24) is 0 Å². The number of nitrogens with zero attached hydrogens (tertiary/aromatic N) is 4. The highest BCUT2D eigenvalue weighted by Crippen LogP contribution is 2.55. The van der Waals surface area contributed by atoms with Gasteiger partial charge in [0, 0.05) is 39.5 Å². The van der Waals surface area contributed by atoms with Gasteiger partial charge in [-0.3, -0.25) is 0 Å². The Morgan fingerprint density at radius 3 is 1.18 bits per heavy atom. The van der Waals surface area contributed by atoms with E-state index < -0.39 is 16.1 Å². The highest BCUT2D eigenvalue weighted by atomic mass is 28.3. The van der Waals surface area contributed by atoms with Crippen LogP contribution in [0.1, 0.15) is 72.9 Å². The molecule has 324 valence electrons. The number of rotatable bonds is 14. The molecule has 4 nitrogen and oxygen atoms in total. The molecule has 0 N–H and O–H groups in total. The largest absolute Gasteiger partial charge is 0.311 e. The molecule has 0 bridgehead atoms. The first kappa shape index (κ1) is 44.9. The second-order valence-electron chi connectivity index (χ2n) is 19.6. The summed E-state index contributed by atoms with van der Waals surface area (Å²) in [6.45, 7) is 18.9. The lowest BCUT2D eigenvalue weighted by molar-refractivity contribution is 0.436. The van der Waals surface area contributed by atoms with Crippen LogP contribution in [0.2, 0.25) is 39.3 Å². The van der Waals surface area contributed by atoms with E-state index in [1.165, 1.54) is 38.2 Å². The number of nitriles is 2. The van der Waals surface area contributed by atoms with Crippen molar-refractivity contribution in [3.63, 3.8) is 0 Å². The maximum absolute atomic E-state index is 9.63. The van der Waals surface area contributed by atoms with Crippen LogP contribution < -0.4 is 20.2 Å². The summed E-state index contributed by atoms with van der Waals surface area (Å²) in [5, 5.41) is 22.0. The summed E-state index contributed by atoms with van der Waals surface area (Å²) in [5.41, 5.74) is 15.5. The van der Waals surface area contributed by atoms with E-state index in [0.29, 0.717) is 11.1 Å². The van der Waals surface area contributed by atoms with Crippen molar-refractivity contribution in [2.75, 3.05) is 9.80 Å². The number of anilines is 6. The molecule has 0 radical (unpaired) electrons. The highest BCUT2D eigenvalue weighted by Gasteiger charge is 2.42. The van der Waals surface area contributed by atoms with Crippen molar-refractivity contribution in [2.24, 2.45) is 0 Å². The molecule has 1 aliphatic carbocycles. The van der Waals surface area contributed by atoms with Gasteiger partial charge in [-0.2, -0.15) is 10.5 Å². The first-order valence-corrected chi connectivity index (χ1v) is 30.2. The zero-order valence-corrected chi connectivity index (χ0v) is 41.3. The maximum Gasteiger partial charge on any atom is 0.0991 e. The minimum absolute atomic E-state index is 0.115. The molecule has 0 amide bonds. The van der Waals surface area contributed by atoms with Gasteiger partial charge >= 0.3 is 0 Å². The summed E-state index contributed by atoms with van der Waals surface area (Å²) in [6, 6.07) is 61.5. The van der Waals surface area contributed by atoms with E-state index in [4.69, 9.17) is 0 Å². The molecule has 0 fully saturated rings. The Bertz CT molecular complexity index is 2900. The van der Waals surface area contributed by atoms with Crippen LogP contribution in [-0.4, -0.2) is 16.1 Å². The summed E-state index contributed by atoms with van der Waals surface area (Å²) >= 11 is 0. The van der Waals surface area contributed by atoms with E-state index >= 15 is 0 Å². The fourth-order valence-electron chi connectivity index (χ4n) is 9.67. The van der Waals surface area contributed by atoms with Crippen molar-refractivity contribution in [1.29, 1.82) is 10.5 Å². The summed E-state index contributed by atoms with van der Waals surface area (Å²) in [4.78, 5) is 4.62. The summed E-state index contributed by atoms with van der Waals surface area (Å²) in [5.74, 6) is 0. The highest BCUT2D eigenvalue weighted by molar-refractivity contribution is 6.89. The zero-order chi connectivity index (χ0) is 45.9. The average Bonchev–Trinajstić information content (AvgIpc) is 3.57. The first-order chi connectivity index (χ1) is 31.3. The molecule has 0 aromatic heterocycles. The minimum atomic E-state index is -1.49. The minimum Gasteiger partial charge on any atom is -0.311 e. The van der Waals surface area contributed by atoms with E-state index in [2.05, 4.69) is 209 Å². The summed E-state index contributed by atoms with van der Waals surface area (Å²) < 4.78 is 0. The smallest absolute Gasteiger partial charge is 0.0991 e. The quantitative estimate of drug-likeness (QED) is 0.0807. The van der Waals surface area contributed by atoms with Crippen LogP contribution in [-0.2, 0) is 5.41 Å². The van der Waals surface area contributed by atoms with E-state index in [1.54, 1.807) is 0 Å². The Kier molecular flexibility index (Phi) is 12.7. The number of hydrogen-bond donors (Lipinski definition) is 0. The predicted octanol–water partition coefficient (Wildman–Crippen LogP) is 15.5. The van der Waals surface area contributed by atoms with Crippen LogP contribution in [0.4, 0.5) is 34.1 Å². The van der Waals surface area contributed by atoms with E-state index in [1.807, 2.05) is 36.4 Å². The van der Waals surface area contributed by atoms with Gasteiger partial charge in [0.15, 0.2) is 0 Å². The fraction of sp³-hybridized carbons (Fsp3) is 0.220. The van der Waals surface area contributed by atoms with Crippen LogP contribution >= 0.6 is 0 Å². The SMILES string of the molecule is CCCC1(CCC)c2cc(/C=C/c3ccc(N(c4ccc(C#N)cc4)c4ccc([Si](C)(C)C)cc4)cc3)ccc2-c2ccc(N(c3ccc(C#N)cc3)c3ccc([Si](C)(C)C)cc3)cc21. The molecule has 65 heavy (non-hydrogen) atoms. The van der Waals surface area contributed by atoms with Gasteiger partial charge in [-0.05, 0) is 143 Å². The van der Waals surface area contributed by atoms with Crippen LogP contribution in [0.3, 0.4) is 0 Å². The van der Waals surface area contributed by atoms with Crippen molar-refractivity contribution in [2.45, 2.75) is 84.2 Å². The molecule has 0 heterocycles. The Hall–Kier alpha value is -6.71. The second-order valence-corrected chi connectivity index (χ2v) is 29.8. The second kappa shape index (κ2) is 18.4. The molecule has 1 aliphatic rings. The maximum atomic E-state index is 9.63. The van der Waals surface area contributed by atoms with Crippen LogP contribution in [0.15, 0.2) is 158 Å². The van der Waals surface area contributed by atoms with E-state index in [-0.39, 0.29) is 5.41 Å². The molecule has 0 unspecified atom stereocenters. The number of benzene rings is 7. The average molecular weight is 881 g/mol. The van der Waals surface area contributed by atoms with Gasteiger partial charge in [0.05, 0.1) is 39.4 Å². The molecule has 6 heteroatoms. The van der Waals surface area contributed by atoms with Gasteiger partial charge in [0.25, 0.3) is 0 Å².